The van der Waals surface area contributed by atoms with E-state index in [1.165, 1.54) is 0 Å². The minimum Gasteiger partial charge on any atom is -0.426 e. The third-order valence-corrected chi connectivity index (χ3v) is 1.38. The third kappa shape index (κ3) is 1.84. The van der Waals surface area contributed by atoms with Gasteiger partial charge in [0.1, 0.15) is 0 Å². The maximum atomic E-state index is 11.8. The van der Waals surface area contributed by atoms with E-state index in [9.17, 15) is 13.6 Å². The van der Waals surface area contributed by atoms with Crippen LogP contribution in [0.5, 0.6) is 0 Å². The Kier molecular flexibility index (Phi) is 2.48. The van der Waals surface area contributed by atoms with Crippen LogP contribution in [0.25, 0.3) is 0 Å². The first-order chi connectivity index (χ1) is 5.63. The van der Waals surface area contributed by atoms with Crippen LogP contribution in [0.1, 0.15) is 6.42 Å². The van der Waals surface area contributed by atoms with Crippen molar-refractivity contribution in [3.05, 3.63) is 0 Å². The molecule has 0 amide bonds. The minimum absolute atomic E-state index is 0.583. The quantitative estimate of drug-likeness (QED) is 0.468. The van der Waals surface area contributed by atoms with E-state index in [1.54, 1.807) is 0 Å². The van der Waals surface area contributed by atoms with Gasteiger partial charge in [-0.1, -0.05) is 5.92 Å². The van der Waals surface area contributed by atoms with Crippen LogP contribution < -0.4 is 0 Å². The van der Waals surface area contributed by atoms with Crippen molar-refractivity contribution in [1.82, 2.24) is 0 Å². The largest absolute Gasteiger partial charge is 0.510 e. The molecule has 1 rings (SSSR count). The molecule has 0 aromatic heterocycles. The first-order valence-corrected chi connectivity index (χ1v) is 3.25. The minimum atomic E-state index is -2.56. The van der Waals surface area contributed by atoms with Crippen LogP contribution in [0.2, 0.25) is 0 Å². The van der Waals surface area contributed by atoms with Crippen molar-refractivity contribution >= 4 is 6.16 Å². The number of terminal acetylenes is 1. The van der Waals surface area contributed by atoms with E-state index >= 15 is 0 Å². The summed E-state index contributed by atoms with van der Waals surface area (Å²) >= 11 is 0. The zero-order valence-electron chi connectivity index (χ0n) is 6.00. The van der Waals surface area contributed by atoms with Gasteiger partial charge in [0.05, 0.1) is 6.42 Å². The van der Waals surface area contributed by atoms with Gasteiger partial charge in [0, 0.05) is 0 Å². The molecule has 2 atom stereocenters. The van der Waals surface area contributed by atoms with Crippen LogP contribution in [0.4, 0.5) is 13.6 Å². The highest BCUT2D eigenvalue weighted by Gasteiger charge is 2.37. The Hall–Kier alpha value is -1.31. The summed E-state index contributed by atoms with van der Waals surface area (Å²) < 4.78 is 32.4. The summed E-state index contributed by atoms with van der Waals surface area (Å²) in [6.45, 7) is 0. The van der Waals surface area contributed by atoms with Crippen molar-refractivity contribution in [3.8, 4) is 12.3 Å². The fourth-order valence-corrected chi connectivity index (χ4v) is 0.881. The van der Waals surface area contributed by atoms with Crippen molar-refractivity contribution in [2.45, 2.75) is 25.1 Å². The second kappa shape index (κ2) is 3.39. The maximum absolute atomic E-state index is 11.8. The van der Waals surface area contributed by atoms with Gasteiger partial charge >= 0.3 is 6.16 Å². The second-order valence-electron chi connectivity index (χ2n) is 2.24. The molecule has 5 heteroatoms. The Morgan fingerprint density at radius 2 is 2.25 bits per heavy atom. The molecule has 0 bridgehead atoms. The lowest BCUT2D eigenvalue weighted by Gasteiger charge is -2.08. The molecule has 0 aliphatic carbocycles. The molecule has 1 aliphatic heterocycles. The van der Waals surface area contributed by atoms with Gasteiger partial charge in [0.15, 0.2) is 6.10 Å². The van der Waals surface area contributed by atoms with Gasteiger partial charge in [-0.15, -0.1) is 6.42 Å². The molecular weight excluding hydrogens is 170 g/mol. The van der Waals surface area contributed by atoms with Gasteiger partial charge in [-0.3, -0.25) is 0 Å². The molecule has 66 valence electrons. The Balaban J connectivity index is 2.53. The van der Waals surface area contributed by atoms with Gasteiger partial charge in [-0.05, 0) is 0 Å². The molecule has 1 saturated heterocycles. The predicted molar refractivity (Wildman–Crippen MR) is 34.6 cm³/mol. The van der Waals surface area contributed by atoms with Crippen molar-refractivity contribution in [2.75, 3.05) is 0 Å². The van der Waals surface area contributed by atoms with Crippen LogP contribution in [0.3, 0.4) is 0 Å². The highest BCUT2D eigenvalue weighted by atomic mass is 19.3. The molecule has 0 spiro atoms. The van der Waals surface area contributed by atoms with Gasteiger partial charge in [0.2, 0.25) is 12.5 Å². The molecule has 1 aliphatic rings. The number of halogens is 2. The van der Waals surface area contributed by atoms with E-state index in [-0.39, 0.29) is 0 Å². The molecule has 1 heterocycles. The highest BCUT2D eigenvalue weighted by Crippen LogP contribution is 2.20. The lowest BCUT2D eigenvalue weighted by molar-refractivity contribution is 0.0625. The summed E-state index contributed by atoms with van der Waals surface area (Å²) in [5.41, 5.74) is 0. The van der Waals surface area contributed by atoms with Crippen molar-refractivity contribution in [3.63, 3.8) is 0 Å². The molecule has 0 aromatic rings. The van der Waals surface area contributed by atoms with Gasteiger partial charge < -0.3 is 9.47 Å². The van der Waals surface area contributed by atoms with Crippen molar-refractivity contribution < 1.29 is 23.0 Å². The van der Waals surface area contributed by atoms with Crippen LogP contribution in [-0.2, 0) is 9.47 Å². The van der Waals surface area contributed by atoms with Gasteiger partial charge in [-0.2, -0.15) is 0 Å². The molecule has 2 unspecified atom stereocenters. The van der Waals surface area contributed by atoms with Crippen LogP contribution in [0, 0.1) is 12.3 Å². The summed E-state index contributed by atoms with van der Waals surface area (Å²) in [5.74, 6) is 2.05. The van der Waals surface area contributed by atoms with E-state index in [0.717, 1.165) is 0 Å². The number of carbonyl (C=O) groups excluding carboxylic acids is 1. The Labute approximate surface area is 67.6 Å². The van der Waals surface area contributed by atoms with Crippen LogP contribution in [-0.4, -0.2) is 24.8 Å². The van der Waals surface area contributed by atoms with E-state index in [4.69, 9.17) is 6.42 Å². The van der Waals surface area contributed by atoms with Crippen molar-refractivity contribution in [1.29, 1.82) is 0 Å². The van der Waals surface area contributed by atoms with Gasteiger partial charge in [-0.25, -0.2) is 13.6 Å². The summed E-state index contributed by atoms with van der Waals surface area (Å²) in [4.78, 5) is 10.4. The summed E-state index contributed by atoms with van der Waals surface area (Å²) in [5, 5.41) is 0. The fourth-order valence-electron chi connectivity index (χ4n) is 0.881. The molecule has 3 nitrogen and oxygen atoms in total. The maximum Gasteiger partial charge on any atom is 0.510 e. The summed E-state index contributed by atoms with van der Waals surface area (Å²) in [6, 6.07) is 0. The average molecular weight is 176 g/mol. The fraction of sp³-hybridized carbons (Fsp3) is 0.571. The molecular formula is C7H6F2O3. The smallest absolute Gasteiger partial charge is 0.426 e. The van der Waals surface area contributed by atoms with E-state index in [1.807, 2.05) is 5.92 Å². The molecule has 12 heavy (non-hydrogen) atoms. The number of hydrogen-bond donors (Lipinski definition) is 0. The topological polar surface area (TPSA) is 35.5 Å². The first kappa shape index (κ1) is 8.78. The van der Waals surface area contributed by atoms with E-state index in [2.05, 4.69) is 9.47 Å². The molecule has 1 fully saturated rings. The normalized spacial score (nSPS) is 28.0. The lowest BCUT2D eigenvalue weighted by atomic mass is 10.1. The summed E-state index contributed by atoms with van der Waals surface area (Å²) in [6.07, 6.45) is -1.20. The number of rotatable bonds is 2. The molecule has 0 N–H and O–H groups in total. The number of cyclic esters (lactones) is 2. The predicted octanol–water partition coefficient (Wildman–Crippen LogP) is 1.18. The number of hydrogen-bond acceptors (Lipinski definition) is 3. The Bertz CT molecular complexity index is 221. The van der Waals surface area contributed by atoms with Crippen LogP contribution >= 0.6 is 0 Å². The van der Waals surface area contributed by atoms with Crippen LogP contribution in [0.15, 0.2) is 0 Å². The zero-order valence-corrected chi connectivity index (χ0v) is 6.00. The number of ether oxygens (including phenoxy) is 2. The average Bonchev–Trinajstić information content (AvgIpc) is 2.29. The standard InChI is InChI=1S/C7H6F2O3/c1-2-4-5(3-6(8)9)12-7(10)11-4/h1,4-6H,3H2. The van der Waals surface area contributed by atoms with Gasteiger partial charge in [0.25, 0.3) is 0 Å². The summed E-state index contributed by atoms with van der Waals surface area (Å²) in [7, 11) is 0. The molecule has 0 saturated carbocycles. The number of carbonyl (C=O) groups is 1. The Morgan fingerprint density at radius 3 is 2.75 bits per heavy atom. The van der Waals surface area contributed by atoms with E-state index < -0.39 is 31.2 Å². The van der Waals surface area contributed by atoms with Crippen molar-refractivity contribution in [2.24, 2.45) is 0 Å². The zero-order chi connectivity index (χ0) is 9.14. The second-order valence-corrected chi connectivity index (χ2v) is 2.24. The highest BCUT2D eigenvalue weighted by molar-refractivity contribution is 5.63. The SMILES string of the molecule is C#CC1OC(=O)OC1CC(F)F. The third-order valence-electron chi connectivity index (χ3n) is 1.38. The van der Waals surface area contributed by atoms with E-state index in [0.29, 0.717) is 0 Å². The number of alkyl halides is 2. The molecule has 0 aromatic carbocycles. The lowest BCUT2D eigenvalue weighted by Crippen LogP contribution is -2.23. The monoisotopic (exact) mass is 176 g/mol. The molecule has 0 radical (unpaired) electrons. The Morgan fingerprint density at radius 1 is 1.58 bits per heavy atom. The first-order valence-electron chi connectivity index (χ1n) is 3.25.